The van der Waals surface area contributed by atoms with Crippen LogP contribution in [0.5, 0.6) is 0 Å². The Balaban J connectivity index is 1.56. The Morgan fingerprint density at radius 1 is 1.27 bits per heavy atom. The van der Waals surface area contributed by atoms with E-state index in [0.29, 0.717) is 23.4 Å². The van der Waals surface area contributed by atoms with Gasteiger partial charge in [0, 0.05) is 12.5 Å². The van der Waals surface area contributed by atoms with E-state index in [1.165, 1.54) is 18.2 Å². The molecular formula is C21H27NO4. The van der Waals surface area contributed by atoms with Crippen LogP contribution in [-0.4, -0.2) is 25.8 Å². The number of carbonyl (C=O) groups is 1. The van der Waals surface area contributed by atoms with Crippen LogP contribution in [0.2, 0.25) is 0 Å². The predicted octanol–water partition coefficient (Wildman–Crippen LogP) is 4.50. The Kier molecular flexibility index (Phi) is 4.59. The van der Waals surface area contributed by atoms with Gasteiger partial charge < -0.3 is 9.47 Å². The van der Waals surface area contributed by atoms with Crippen LogP contribution in [0.3, 0.4) is 0 Å². The fourth-order valence-corrected chi connectivity index (χ4v) is 6.08. The molecular weight excluding hydrogens is 330 g/mol. The van der Waals surface area contributed by atoms with Crippen LogP contribution in [0, 0.1) is 22.2 Å². The number of hydrogen-bond acceptors (Lipinski definition) is 5. The standard InChI is InChI=1S/C21H27NO4/c1-21-10-9-16-15-6-4-14(22-24)11-13(15)3-5-17(16)18(21)7-8-19(21)26-20(23)12-25-2/h4,6,11,16-19H,3,5,7-10,12H2,1-2H3/t16?,17?,18?,19-,21-/m0/s1. The first-order valence-corrected chi connectivity index (χ1v) is 9.71. The number of carbonyl (C=O) groups excluding carboxylic acids is 1. The number of methoxy groups -OCH3 is 1. The quantitative estimate of drug-likeness (QED) is 0.588. The van der Waals surface area contributed by atoms with Crippen molar-refractivity contribution in [3.05, 3.63) is 34.2 Å². The summed E-state index contributed by atoms with van der Waals surface area (Å²) in [4.78, 5) is 22.8. The van der Waals surface area contributed by atoms with E-state index in [-0.39, 0.29) is 24.1 Å². The van der Waals surface area contributed by atoms with Crippen LogP contribution >= 0.6 is 0 Å². The molecule has 1 aromatic rings. The molecule has 2 fully saturated rings. The maximum absolute atomic E-state index is 11.9. The summed E-state index contributed by atoms with van der Waals surface area (Å²) in [6.45, 7) is 2.35. The summed E-state index contributed by atoms with van der Waals surface area (Å²) in [5.74, 6) is 1.55. The third-order valence-electron chi connectivity index (χ3n) is 7.26. The zero-order chi connectivity index (χ0) is 18.3. The normalized spacial score (nSPS) is 35.2. The molecule has 0 N–H and O–H groups in total. The first kappa shape index (κ1) is 17.7. The fourth-order valence-electron chi connectivity index (χ4n) is 6.08. The first-order chi connectivity index (χ1) is 12.6. The fraction of sp³-hybridized carbons (Fsp3) is 0.667. The summed E-state index contributed by atoms with van der Waals surface area (Å²) in [6.07, 6.45) is 6.47. The molecule has 0 spiro atoms. The van der Waals surface area contributed by atoms with Gasteiger partial charge in [-0.15, -0.1) is 4.91 Å². The zero-order valence-corrected chi connectivity index (χ0v) is 15.6. The highest BCUT2D eigenvalue weighted by Gasteiger charge is 2.56. The number of rotatable bonds is 4. The van der Waals surface area contributed by atoms with Crippen molar-refractivity contribution in [3.63, 3.8) is 0 Å². The van der Waals surface area contributed by atoms with Gasteiger partial charge in [-0.05, 0) is 84.7 Å². The van der Waals surface area contributed by atoms with Gasteiger partial charge in [-0.1, -0.05) is 13.0 Å². The number of aryl methyl sites for hydroxylation is 1. The molecule has 0 bridgehead atoms. The van der Waals surface area contributed by atoms with Crippen LogP contribution in [0.4, 0.5) is 5.69 Å². The highest BCUT2D eigenvalue weighted by molar-refractivity contribution is 5.71. The highest BCUT2D eigenvalue weighted by atomic mass is 16.6. The van der Waals surface area contributed by atoms with E-state index in [1.54, 1.807) is 0 Å². The Bertz CT molecular complexity index is 718. The van der Waals surface area contributed by atoms with Gasteiger partial charge in [0.1, 0.15) is 18.4 Å². The van der Waals surface area contributed by atoms with Crippen molar-refractivity contribution in [2.24, 2.45) is 22.4 Å². The molecule has 5 nitrogen and oxygen atoms in total. The molecule has 0 radical (unpaired) electrons. The lowest BCUT2D eigenvalue weighted by atomic mass is 9.55. The molecule has 26 heavy (non-hydrogen) atoms. The number of benzene rings is 1. The van der Waals surface area contributed by atoms with Gasteiger partial charge in [0.25, 0.3) is 0 Å². The molecule has 3 aliphatic carbocycles. The Morgan fingerprint density at radius 2 is 2.12 bits per heavy atom. The van der Waals surface area contributed by atoms with E-state index in [9.17, 15) is 9.70 Å². The maximum atomic E-state index is 11.9. The Hall–Kier alpha value is -1.75. The number of fused-ring (bicyclic) bond motifs is 5. The molecule has 3 unspecified atom stereocenters. The first-order valence-electron chi connectivity index (χ1n) is 9.71. The van der Waals surface area contributed by atoms with Crippen LogP contribution in [0.15, 0.2) is 23.4 Å². The predicted molar refractivity (Wildman–Crippen MR) is 98.3 cm³/mol. The minimum atomic E-state index is -0.246. The summed E-state index contributed by atoms with van der Waals surface area (Å²) in [6, 6.07) is 5.94. The molecule has 140 valence electrons. The lowest BCUT2D eigenvalue weighted by Crippen LogP contribution is -2.45. The van der Waals surface area contributed by atoms with Gasteiger partial charge >= 0.3 is 5.97 Å². The largest absolute Gasteiger partial charge is 0.460 e. The average molecular weight is 357 g/mol. The molecule has 0 aromatic heterocycles. The van der Waals surface area contributed by atoms with Crippen molar-refractivity contribution in [2.75, 3.05) is 13.7 Å². The average Bonchev–Trinajstić information content (AvgIpc) is 2.97. The molecule has 0 heterocycles. The summed E-state index contributed by atoms with van der Waals surface area (Å²) in [5, 5.41) is 3.09. The molecule has 5 atom stereocenters. The van der Waals surface area contributed by atoms with E-state index in [2.05, 4.69) is 18.2 Å². The minimum Gasteiger partial charge on any atom is -0.460 e. The number of esters is 1. The Morgan fingerprint density at radius 3 is 2.88 bits per heavy atom. The van der Waals surface area contributed by atoms with Crippen molar-refractivity contribution in [3.8, 4) is 0 Å². The number of ether oxygens (including phenoxy) is 2. The third-order valence-corrected chi connectivity index (χ3v) is 7.26. The van der Waals surface area contributed by atoms with Crippen molar-refractivity contribution < 1.29 is 14.3 Å². The number of hydrogen-bond donors (Lipinski definition) is 0. The molecule has 3 aliphatic rings. The molecule has 2 saturated carbocycles. The third kappa shape index (κ3) is 2.77. The molecule has 0 amide bonds. The lowest BCUT2D eigenvalue weighted by Gasteiger charge is -2.50. The van der Waals surface area contributed by atoms with Gasteiger partial charge in [-0.25, -0.2) is 4.79 Å². The Labute approximate surface area is 154 Å². The van der Waals surface area contributed by atoms with Crippen molar-refractivity contribution >= 4 is 11.7 Å². The van der Waals surface area contributed by atoms with E-state index >= 15 is 0 Å². The topological polar surface area (TPSA) is 65.0 Å². The molecule has 0 aliphatic heterocycles. The van der Waals surface area contributed by atoms with Crippen molar-refractivity contribution in [2.45, 2.75) is 57.5 Å². The zero-order valence-electron chi connectivity index (χ0n) is 15.6. The summed E-state index contributed by atoms with van der Waals surface area (Å²) in [5.41, 5.74) is 3.32. The summed E-state index contributed by atoms with van der Waals surface area (Å²) < 4.78 is 10.7. The molecule has 4 rings (SSSR count). The number of nitroso groups, excluding NO2 is 1. The van der Waals surface area contributed by atoms with Crippen LogP contribution in [0.25, 0.3) is 0 Å². The van der Waals surface area contributed by atoms with E-state index in [4.69, 9.17) is 9.47 Å². The highest BCUT2D eigenvalue weighted by Crippen LogP contribution is 2.61. The van der Waals surface area contributed by atoms with E-state index < -0.39 is 0 Å². The van der Waals surface area contributed by atoms with Gasteiger partial charge in [-0.3, -0.25) is 0 Å². The van der Waals surface area contributed by atoms with Crippen molar-refractivity contribution in [1.29, 1.82) is 0 Å². The van der Waals surface area contributed by atoms with E-state index in [1.807, 2.05) is 12.1 Å². The second kappa shape index (κ2) is 6.76. The second-order valence-electron chi connectivity index (χ2n) is 8.42. The lowest BCUT2D eigenvalue weighted by molar-refractivity contribution is -0.161. The summed E-state index contributed by atoms with van der Waals surface area (Å²) >= 11 is 0. The van der Waals surface area contributed by atoms with Crippen LogP contribution in [-0.2, 0) is 20.7 Å². The van der Waals surface area contributed by atoms with Crippen LogP contribution < -0.4 is 0 Å². The van der Waals surface area contributed by atoms with Gasteiger partial charge in [-0.2, -0.15) is 0 Å². The molecule has 1 aromatic carbocycles. The van der Waals surface area contributed by atoms with Gasteiger partial charge in [0.05, 0.1) is 0 Å². The van der Waals surface area contributed by atoms with E-state index in [0.717, 1.165) is 38.5 Å². The van der Waals surface area contributed by atoms with Crippen molar-refractivity contribution in [1.82, 2.24) is 0 Å². The maximum Gasteiger partial charge on any atom is 0.332 e. The molecule has 0 saturated heterocycles. The SMILES string of the molecule is COCC(=O)O[C@H]1CCC2C3CCc4cc(N=O)ccc4C3CC[C@@]21C. The second-order valence-corrected chi connectivity index (χ2v) is 8.42. The molecule has 5 heteroatoms. The van der Waals surface area contributed by atoms with Crippen LogP contribution in [0.1, 0.15) is 56.1 Å². The summed E-state index contributed by atoms with van der Waals surface area (Å²) in [7, 11) is 1.52. The number of nitrogens with zero attached hydrogens (tertiary/aromatic N) is 1. The van der Waals surface area contributed by atoms with Gasteiger partial charge in [0.15, 0.2) is 0 Å². The smallest absolute Gasteiger partial charge is 0.332 e. The minimum absolute atomic E-state index is 0.0131. The monoisotopic (exact) mass is 357 g/mol. The van der Waals surface area contributed by atoms with Gasteiger partial charge in [0.2, 0.25) is 0 Å².